The van der Waals surface area contributed by atoms with Crippen LogP contribution >= 0.6 is 0 Å². The molecule has 3 rings (SSSR count). The number of fused-ring (bicyclic) bond motifs is 1. The van der Waals surface area contributed by atoms with Crippen molar-refractivity contribution in [3.63, 3.8) is 0 Å². The molecule has 2 aromatic rings. The number of benzene rings is 1. The van der Waals surface area contributed by atoms with Crippen molar-refractivity contribution >= 4 is 10.9 Å². The normalized spacial score (nSPS) is 20.2. The van der Waals surface area contributed by atoms with Crippen molar-refractivity contribution < 1.29 is 13.2 Å². The van der Waals surface area contributed by atoms with E-state index in [2.05, 4.69) is 15.3 Å². The molecule has 1 saturated heterocycles. The van der Waals surface area contributed by atoms with E-state index in [-0.39, 0.29) is 5.92 Å². The molecule has 1 N–H and O–H groups in total. The van der Waals surface area contributed by atoms with Crippen LogP contribution in [0, 0.1) is 0 Å². The lowest BCUT2D eigenvalue weighted by Gasteiger charge is -2.21. The number of rotatable bonds is 1. The Morgan fingerprint density at radius 1 is 1.25 bits per heavy atom. The first-order valence-corrected chi connectivity index (χ1v) is 6.58. The lowest BCUT2D eigenvalue weighted by Crippen LogP contribution is -2.29. The fourth-order valence-corrected chi connectivity index (χ4v) is 2.48. The summed E-state index contributed by atoms with van der Waals surface area (Å²) in [5.41, 5.74) is -0.313. The molecule has 2 heterocycles. The zero-order valence-electron chi connectivity index (χ0n) is 10.7. The molecule has 0 amide bonds. The van der Waals surface area contributed by atoms with Crippen LogP contribution in [0.15, 0.2) is 24.4 Å². The van der Waals surface area contributed by atoms with Crippen LogP contribution in [0.2, 0.25) is 0 Å². The molecule has 6 heteroatoms. The minimum absolute atomic E-state index is 0.183. The second kappa shape index (κ2) is 5.01. The predicted octanol–water partition coefficient (Wildman–Crippen LogP) is 3.12. The van der Waals surface area contributed by atoms with Crippen LogP contribution in [-0.4, -0.2) is 23.1 Å². The van der Waals surface area contributed by atoms with Gasteiger partial charge in [0, 0.05) is 24.0 Å². The molecular weight excluding hydrogens is 267 g/mol. The Bertz CT molecular complexity index is 619. The molecule has 0 bridgehead atoms. The molecule has 1 unspecified atom stereocenters. The second-order valence-corrected chi connectivity index (χ2v) is 5.04. The summed E-state index contributed by atoms with van der Waals surface area (Å²) >= 11 is 0. The predicted molar refractivity (Wildman–Crippen MR) is 69.4 cm³/mol. The Hall–Kier alpha value is -1.69. The van der Waals surface area contributed by atoms with E-state index < -0.39 is 11.7 Å². The van der Waals surface area contributed by atoms with Crippen LogP contribution in [0.1, 0.15) is 30.1 Å². The summed E-state index contributed by atoms with van der Waals surface area (Å²) in [6.07, 6.45) is -0.732. The summed E-state index contributed by atoms with van der Waals surface area (Å²) in [6, 6.07) is 3.57. The van der Waals surface area contributed by atoms with E-state index >= 15 is 0 Å². The average molecular weight is 281 g/mol. The van der Waals surface area contributed by atoms with Crippen LogP contribution in [-0.2, 0) is 6.18 Å². The largest absolute Gasteiger partial charge is 0.416 e. The molecule has 1 fully saturated rings. The van der Waals surface area contributed by atoms with Gasteiger partial charge in [0.05, 0.1) is 11.1 Å². The number of hydrogen-bond donors (Lipinski definition) is 1. The van der Waals surface area contributed by atoms with E-state index in [1.54, 1.807) is 6.20 Å². The third-order valence-corrected chi connectivity index (χ3v) is 3.59. The van der Waals surface area contributed by atoms with Crippen molar-refractivity contribution in [2.24, 2.45) is 0 Å². The summed E-state index contributed by atoms with van der Waals surface area (Å²) in [5, 5.41) is 3.89. The highest BCUT2D eigenvalue weighted by Gasteiger charge is 2.30. The maximum atomic E-state index is 12.7. The molecule has 1 aromatic carbocycles. The highest BCUT2D eigenvalue weighted by Crippen LogP contribution is 2.31. The molecule has 1 aliphatic rings. The van der Waals surface area contributed by atoms with Crippen molar-refractivity contribution in [2.45, 2.75) is 24.9 Å². The van der Waals surface area contributed by atoms with Gasteiger partial charge < -0.3 is 5.32 Å². The van der Waals surface area contributed by atoms with Crippen molar-refractivity contribution in [3.05, 3.63) is 35.8 Å². The van der Waals surface area contributed by atoms with Gasteiger partial charge >= 0.3 is 6.18 Å². The zero-order chi connectivity index (χ0) is 14.2. The first-order valence-electron chi connectivity index (χ1n) is 6.58. The van der Waals surface area contributed by atoms with E-state index in [1.807, 2.05) is 0 Å². The minimum Gasteiger partial charge on any atom is -0.316 e. The van der Waals surface area contributed by atoms with Crippen LogP contribution in [0.4, 0.5) is 13.2 Å². The maximum absolute atomic E-state index is 12.7. The molecule has 3 nitrogen and oxygen atoms in total. The van der Waals surface area contributed by atoms with Gasteiger partial charge in [0.25, 0.3) is 0 Å². The molecule has 1 atom stereocenters. The Morgan fingerprint density at radius 2 is 2.10 bits per heavy atom. The summed E-state index contributed by atoms with van der Waals surface area (Å²) in [5.74, 6) is 0.812. The lowest BCUT2D eigenvalue weighted by atomic mass is 9.98. The van der Waals surface area contributed by atoms with E-state index in [9.17, 15) is 13.2 Å². The summed E-state index contributed by atoms with van der Waals surface area (Å²) < 4.78 is 38.2. The molecule has 20 heavy (non-hydrogen) atoms. The van der Waals surface area contributed by atoms with Gasteiger partial charge in [-0.25, -0.2) is 9.97 Å². The maximum Gasteiger partial charge on any atom is 0.416 e. The molecule has 0 radical (unpaired) electrons. The van der Waals surface area contributed by atoms with Gasteiger partial charge in [-0.2, -0.15) is 13.2 Å². The molecule has 1 aliphatic heterocycles. The van der Waals surface area contributed by atoms with Gasteiger partial charge in [-0.1, -0.05) is 6.07 Å². The first kappa shape index (κ1) is 13.3. The topological polar surface area (TPSA) is 37.8 Å². The summed E-state index contributed by atoms with van der Waals surface area (Å²) in [4.78, 5) is 8.61. The van der Waals surface area contributed by atoms with Gasteiger partial charge in [0.1, 0.15) is 5.82 Å². The van der Waals surface area contributed by atoms with Crippen LogP contribution in [0.5, 0.6) is 0 Å². The summed E-state index contributed by atoms with van der Waals surface area (Å²) in [7, 11) is 0. The van der Waals surface area contributed by atoms with E-state index in [4.69, 9.17) is 0 Å². The Balaban J connectivity index is 2.00. The van der Waals surface area contributed by atoms with Crippen molar-refractivity contribution in [3.8, 4) is 0 Å². The first-order chi connectivity index (χ1) is 9.54. The number of hydrogen-bond acceptors (Lipinski definition) is 3. The standard InChI is InChI=1S/C14H14F3N3/c15-14(16,17)11-4-3-9-8-19-13(20-12(9)6-11)10-2-1-5-18-7-10/h3-4,6,8,10,18H,1-2,5,7H2. The number of nitrogens with one attached hydrogen (secondary N) is 1. The van der Waals surface area contributed by atoms with Gasteiger partial charge in [-0.05, 0) is 31.5 Å². The highest BCUT2D eigenvalue weighted by molar-refractivity contribution is 5.78. The lowest BCUT2D eigenvalue weighted by molar-refractivity contribution is -0.137. The Kier molecular flexibility index (Phi) is 3.33. The fourth-order valence-electron chi connectivity index (χ4n) is 2.48. The van der Waals surface area contributed by atoms with Crippen molar-refractivity contribution in [1.82, 2.24) is 15.3 Å². The van der Waals surface area contributed by atoms with E-state index in [0.29, 0.717) is 16.7 Å². The van der Waals surface area contributed by atoms with Crippen LogP contribution < -0.4 is 5.32 Å². The molecule has 106 valence electrons. The third-order valence-electron chi connectivity index (χ3n) is 3.59. The molecular formula is C14H14F3N3. The number of nitrogens with zero attached hydrogens (tertiary/aromatic N) is 2. The molecule has 1 aromatic heterocycles. The number of alkyl halides is 3. The zero-order valence-corrected chi connectivity index (χ0v) is 10.7. The second-order valence-electron chi connectivity index (χ2n) is 5.04. The van der Waals surface area contributed by atoms with Gasteiger partial charge in [0.15, 0.2) is 0 Å². The van der Waals surface area contributed by atoms with Crippen LogP contribution in [0.25, 0.3) is 10.9 Å². The monoisotopic (exact) mass is 281 g/mol. The highest BCUT2D eigenvalue weighted by atomic mass is 19.4. The number of piperidine rings is 1. The number of halogens is 3. The minimum atomic E-state index is -4.34. The number of aromatic nitrogens is 2. The van der Waals surface area contributed by atoms with Crippen molar-refractivity contribution in [2.75, 3.05) is 13.1 Å². The third kappa shape index (κ3) is 2.60. The molecule has 0 saturated carbocycles. The average Bonchev–Trinajstić information content (AvgIpc) is 2.46. The van der Waals surface area contributed by atoms with Gasteiger partial charge in [-0.15, -0.1) is 0 Å². The van der Waals surface area contributed by atoms with Crippen molar-refractivity contribution in [1.29, 1.82) is 0 Å². The fraction of sp³-hybridized carbons (Fsp3) is 0.429. The van der Waals surface area contributed by atoms with Crippen LogP contribution in [0.3, 0.4) is 0 Å². The van der Waals surface area contributed by atoms with E-state index in [0.717, 1.165) is 38.1 Å². The SMILES string of the molecule is FC(F)(F)c1ccc2cnc(C3CCCNC3)nc2c1. The van der Waals surface area contributed by atoms with Gasteiger partial charge in [0.2, 0.25) is 0 Å². The van der Waals surface area contributed by atoms with Gasteiger partial charge in [-0.3, -0.25) is 0 Å². The Morgan fingerprint density at radius 3 is 2.80 bits per heavy atom. The Labute approximate surface area is 114 Å². The summed E-state index contributed by atoms with van der Waals surface area (Å²) in [6.45, 7) is 1.76. The molecule has 0 spiro atoms. The van der Waals surface area contributed by atoms with E-state index in [1.165, 1.54) is 6.07 Å². The molecule has 0 aliphatic carbocycles. The quantitative estimate of drug-likeness (QED) is 0.872. The smallest absolute Gasteiger partial charge is 0.316 e.